The van der Waals surface area contributed by atoms with E-state index in [1.807, 2.05) is 19.9 Å². The van der Waals surface area contributed by atoms with Crippen LogP contribution in [0, 0.1) is 0 Å². The van der Waals surface area contributed by atoms with Gasteiger partial charge in [-0.3, -0.25) is 0 Å². The Kier molecular flexibility index (Phi) is 6.18. The first kappa shape index (κ1) is 16.0. The molecule has 1 aliphatic rings. The lowest BCUT2D eigenvalue weighted by Crippen LogP contribution is -2.50. The van der Waals surface area contributed by atoms with E-state index in [1.54, 1.807) is 0 Å². The van der Waals surface area contributed by atoms with E-state index >= 15 is 0 Å². The molecule has 4 nitrogen and oxygen atoms in total. The Balaban J connectivity index is 2.13. The van der Waals surface area contributed by atoms with Gasteiger partial charge in [0.25, 0.3) is 0 Å². The molecule has 0 amide bonds. The zero-order valence-corrected chi connectivity index (χ0v) is 13.5. The second kappa shape index (κ2) is 8.13. The van der Waals surface area contributed by atoms with Crippen LogP contribution in [0.1, 0.15) is 33.6 Å². The minimum absolute atomic E-state index is 0.589. The summed E-state index contributed by atoms with van der Waals surface area (Å²) < 4.78 is 11.4. The van der Waals surface area contributed by atoms with Crippen molar-refractivity contribution in [2.24, 2.45) is 0 Å². The van der Waals surface area contributed by atoms with Gasteiger partial charge in [0.15, 0.2) is 11.5 Å². The number of piperazine rings is 1. The fraction of sp³-hybridized carbons (Fsp3) is 0.647. The first-order valence-corrected chi connectivity index (χ1v) is 8.16. The number of ether oxygens (including phenoxy) is 2. The van der Waals surface area contributed by atoms with Crippen molar-refractivity contribution in [2.45, 2.75) is 39.7 Å². The number of anilines is 1. The topological polar surface area (TPSA) is 33.7 Å². The summed E-state index contributed by atoms with van der Waals surface area (Å²) in [6.07, 6.45) is 2.45. The van der Waals surface area contributed by atoms with Gasteiger partial charge in [-0.1, -0.05) is 13.3 Å². The number of rotatable bonds is 7. The Morgan fingerprint density at radius 2 is 1.90 bits per heavy atom. The summed E-state index contributed by atoms with van der Waals surface area (Å²) in [5.41, 5.74) is 1.23. The van der Waals surface area contributed by atoms with Crippen LogP contribution in [-0.2, 0) is 0 Å². The Morgan fingerprint density at radius 1 is 1.14 bits per heavy atom. The van der Waals surface area contributed by atoms with Crippen LogP contribution in [-0.4, -0.2) is 38.9 Å². The quantitative estimate of drug-likeness (QED) is 0.837. The van der Waals surface area contributed by atoms with Crippen molar-refractivity contribution in [1.29, 1.82) is 0 Å². The lowest BCUT2D eigenvalue weighted by molar-refractivity contribution is 0.287. The largest absolute Gasteiger partial charge is 0.490 e. The van der Waals surface area contributed by atoms with E-state index < -0.39 is 0 Å². The van der Waals surface area contributed by atoms with Gasteiger partial charge in [0.05, 0.1) is 13.2 Å². The molecule has 1 fully saturated rings. The van der Waals surface area contributed by atoms with Crippen molar-refractivity contribution in [2.75, 3.05) is 37.7 Å². The Bertz CT molecular complexity index is 435. The van der Waals surface area contributed by atoms with Gasteiger partial charge in [0.1, 0.15) is 0 Å². The SMILES string of the molecule is CCCC1CN(c2ccc(OCC)c(OCC)c2)CCN1. The molecular formula is C17H28N2O2. The van der Waals surface area contributed by atoms with Gasteiger partial charge in [-0.05, 0) is 32.4 Å². The molecule has 2 rings (SSSR count). The van der Waals surface area contributed by atoms with Gasteiger partial charge in [0, 0.05) is 37.4 Å². The van der Waals surface area contributed by atoms with E-state index in [1.165, 1.54) is 18.5 Å². The standard InChI is InChI=1S/C17H28N2O2/c1-4-7-14-13-19(11-10-18-14)15-8-9-16(20-5-2)17(12-15)21-6-3/h8-9,12,14,18H,4-7,10-11,13H2,1-3H3. The maximum atomic E-state index is 5.73. The predicted molar refractivity (Wildman–Crippen MR) is 87.7 cm³/mol. The van der Waals surface area contributed by atoms with E-state index in [0.29, 0.717) is 19.3 Å². The highest BCUT2D eigenvalue weighted by atomic mass is 16.5. The van der Waals surface area contributed by atoms with Crippen LogP contribution < -0.4 is 19.7 Å². The van der Waals surface area contributed by atoms with Crippen LogP contribution in [0.3, 0.4) is 0 Å². The van der Waals surface area contributed by atoms with E-state index in [2.05, 4.69) is 29.3 Å². The first-order chi connectivity index (χ1) is 10.3. The molecule has 4 heteroatoms. The average Bonchev–Trinajstić information content (AvgIpc) is 2.50. The molecule has 1 unspecified atom stereocenters. The third-order valence-electron chi connectivity index (χ3n) is 3.78. The van der Waals surface area contributed by atoms with Gasteiger partial charge >= 0.3 is 0 Å². The molecule has 1 aliphatic heterocycles. The summed E-state index contributed by atoms with van der Waals surface area (Å²) in [7, 11) is 0. The zero-order valence-electron chi connectivity index (χ0n) is 13.5. The van der Waals surface area contributed by atoms with Crippen LogP contribution in [0.15, 0.2) is 18.2 Å². The molecular weight excluding hydrogens is 264 g/mol. The van der Waals surface area contributed by atoms with Crippen molar-refractivity contribution in [3.05, 3.63) is 18.2 Å². The molecule has 0 saturated carbocycles. The molecule has 1 aromatic rings. The predicted octanol–water partition coefficient (Wildman–Crippen LogP) is 3.06. The number of benzene rings is 1. The summed E-state index contributed by atoms with van der Waals surface area (Å²) in [6.45, 7) is 10.7. The van der Waals surface area contributed by atoms with Crippen LogP contribution >= 0.6 is 0 Å². The van der Waals surface area contributed by atoms with Crippen LogP contribution in [0.25, 0.3) is 0 Å². The molecule has 1 saturated heterocycles. The third kappa shape index (κ3) is 4.27. The Hall–Kier alpha value is -1.42. The molecule has 0 aliphatic carbocycles. The monoisotopic (exact) mass is 292 g/mol. The summed E-state index contributed by atoms with van der Waals surface area (Å²) in [6, 6.07) is 6.87. The van der Waals surface area contributed by atoms with Crippen molar-refractivity contribution >= 4 is 5.69 Å². The van der Waals surface area contributed by atoms with Gasteiger partial charge in [-0.2, -0.15) is 0 Å². The minimum atomic E-state index is 0.589. The maximum Gasteiger partial charge on any atom is 0.163 e. The Labute approximate surface area is 128 Å². The molecule has 1 N–H and O–H groups in total. The van der Waals surface area contributed by atoms with Crippen LogP contribution in [0.2, 0.25) is 0 Å². The molecule has 1 aromatic carbocycles. The first-order valence-electron chi connectivity index (χ1n) is 8.16. The molecule has 0 radical (unpaired) electrons. The molecule has 1 heterocycles. The number of nitrogens with zero attached hydrogens (tertiary/aromatic N) is 1. The van der Waals surface area contributed by atoms with Crippen molar-refractivity contribution in [3.8, 4) is 11.5 Å². The van der Waals surface area contributed by atoms with Crippen LogP contribution in [0.4, 0.5) is 5.69 Å². The van der Waals surface area contributed by atoms with Crippen molar-refractivity contribution < 1.29 is 9.47 Å². The third-order valence-corrected chi connectivity index (χ3v) is 3.78. The Morgan fingerprint density at radius 3 is 2.62 bits per heavy atom. The summed E-state index contributed by atoms with van der Waals surface area (Å²) in [4.78, 5) is 2.44. The highest BCUT2D eigenvalue weighted by molar-refractivity contribution is 5.56. The summed E-state index contributed by atoms with van der Waals surface area (Å²) >= 11 is 0. The average molecular weight is 292 g/mol. The zero-order chi connectivity index (χ0) is 15.1. The van der Waals surface area contributed by atoms with Crippen molar-refractivity contribution in [1.82, 2.24) is 5.32 Å². The molecule has 118 valence electrons. The van der Waals surface area contributed by atoms with E-state index in [0.717, 1.165) is 31.1 Å². The number of hydrogen-bond acceptors (Lipinski definition) is 4. The number of nitrogens with one attached hydrogen (secondary N) is 1. The highest BCUT2D eigenvalue weighted by Gasteiger charge is 2.19. The van der Waals surface area contributed by atoms with E-state index in [-0.39, 0.29) is 0 Å². The van der Waals surface area contributed by atoms with Gasteiger partial charge in [-0.25, -0.2) is 0 Å². The lowest BCUT2D eigenvalue weighted by Gasteiger charge is -2.35. The smallest absolute Gasteiger partial charge is 0.163 e. The number of hydrogen-bond donors (Lipinski definition) is 1. The second-order valence-corrected chi connectivity index (χ2v) is 5.38. The molecule has 1 atom stereocenters. The summed E-state index contributed by atoms with van der Waals surface area (Å²) in [5.74, 6) is 1.69. The fourth-order valence-corrected chi connectivity index (χ4v) is 2.84. The molecule has 0 spiro atoms. The summed E-state index contributed by atoms with van der Waals surface area (Å²) in [5, 5.41) is 3.59. The van der Waals surface area contributed by atoms with Gasteiger partial charge < -0.3 is 19.7 Å². The van der Waals surface area contributed by atoms with Gasteiger partial charge in [-0.15, -0.1) is 0 Å². The van der Waals surface area contributed by atoms with Gasteiger partial charge in [0.2, 0.25) is 0 Å². The normalized spacial score (nSPS) is 18.6. The maximum absolute atomic E-state index is 5.73. The van der Waals surface area contributed by atoms with Crippen molar-refractivity contribution in [3.63, 3.8) is 0 Å². The molecule has 21 heavy (non-hydrogen) atoms. The molecule has 0 bridgehead atoms. The van der Waals surface area contributed by atoms with E-state index in [4.69, 9.17) is 9.47 Å². The van der Waals surface area contributed by atoms with E-state index in [9.17, 15) is 0 Å². The minimum Gasteiger partial charge on any atom is -0.490 e. The molecule has 0 aromatic heterocycles. The second-order valence-electron chi connectivity index (χ2n) is 5.38. The lowest BCUT2D eigenvalue weighted by atomic mass is 10.1. The highest BCUT2D eigenvalue weighted by Crippen LogP contribution is 2.32. The fourth-order valence-electron chi connectivity index (χ4n) is 2.84. The van der Waals surface area contributed by atoms with Crippen LogP contribution in [0.5, 0.6) is 11.5 Å².